The number of hydrogen-bond acceptors (Lipinski definition) is 5. The van der Waals surface area contributed by atoms with Crippen LogP contribution in [0.5, 0.6) is 0 Å². The van der Waals surface area contributed by atoms with Gasteiger partial charge < -0.3 is 10.0 Å². The Morgan fingerprint density at radius 3 is 2.59 bits per heavy atom. The summed E-state index contributed by atoms with van der Waals surface area (Å²) in [7, 11) is 0. The Labute approximate surface area is 170 Å². The quantitative estimate of drug-likeness (QED) is 0.504. The van der Waals surface area contributed by atoms with Gasteiger partial charge in [-0.3, -0.25) is 14.5 Å². The van der Waals surface area contributed by atoms with Gasteiger partial charge in [0.1, 0.15) is 4.32 Å². The van der Waals surface area contributed by atoms with E-state index in [4.69, 9.17) is 17.3 Å². The van der Waals surface area contributed by atoms with E-state index in [9.17, 15) is 9.59 Å². The maximum absolute atomic E-state index is 12.6. The Hall–Kier alpha value is -1.70. The summed E-state index contributed by atoms with van der Waals surface area (Å²) >= 11 is 6.65. The maximum Gasteiger partial charge on any atom is 0.266 e. The highest BCUT2D eigenvalue weighted by Crippen LogP contribution is 2.32. The summed E-state index contributed by atoms with van der Waals surface area (Å²) < 4.78 is 0.534. The molecule has 1 aliphatic heterocycles. The lowest BCUT2D eigenvalue weighted by Gasteiger charge is -2.20. The fourth-order valence-corrected chi connectivity index (χ4v) is 4.13. The second-order valence-electron chi connectivity index (χ2n) is 6.23. The topological polar surface area (TPSA) is 60.9 Å². The minimum Gasteiger partial charge on any atom is -0.395 e. The van der Waals surface area contributed by atoms with Crippen LogP contribution in [-0.4, -0.2) is 57.3 Å². The molecule has 0 aromatic heterocycles. The summed E-state index contributed by atoms with van der Waals surface area (Å²) in [4.78, 5) is 28.6. The number of hydrogen-bond donors (Lipinski definition) is 1. The zero-order valence-corrected chi connectivity index (χ0v) is 17.4. The Bertz CT molecular complexity index is 716. The van der Waals surface area contributed by atoms with Gasteiger partial charge >= 0.3 is 0 Å². The summed E-state index contributed by atoms with van der Waals surface area (Å²) in [6.45, 7) is 5.29. The molecule has 1 aromatic carbocycles. The number of thioether (sulfide) groups is 1. The van der Waals surface area contributed by atoms with Crippen LogP contribution in [-0.2, 0) is 16.0 Å². The second-order valence-corrected chi connectivity index (χ2v) is 7.90. The minimum atomic E-state index is -0.0975. The van der Waals surface area contributed by atoms with Crippen molar-refractivity contribution in [2.45, 2.75) is 33.1 Å². The first-order valence-corrected chi connectivity index (χ1v) is 10.5. The first kappa shape index (κ1) is 21.6. The van der Waals surface area contributed by atoms with E-state index in [1.807, 2.05) is 25.1 Å². The molecule has 1 N–H and O–H groups in total. The summed E-state index contributed by atoms with van der Waals surface area (Å²) in [6.07, 6.45) is 3.73. The van der Waals surface area contributed by atoms with Gasteiger partial charge in [0.15, 0.2) is 0 Å². The van der Waals surface area contributed by atoms with E-state index in [-0.39, 0.29) is 18.4 Å². The molecule has 0 bridgehead atoms. The van der Waals surface area contributed by atoms with E-state index in [1.165, 1.54) is 17.3 Å². The van der Waals surface area contributed by atoms with Gasteiger partial charge in [-0.25, -0.2) is 0 Å². The summed E-state index contributed by atoms with van der Waals surface area (Å²) in [6, 6.07) is 8.13. The van der Waals surface area contributed by atoms with Crippen molar-refractivity contribution in [1.82, 2.24) is 9.80 Å². The van der Waals surface area contributed by atoms with Gasteiger partial charge in [0, 0.05) is 26.1 Å². The molecule has 0 saturated carbocycles. The molecule has 0 radical (unpaired) electrons. The van der Waals surface area contributed by atoms with Gasteiger partial charge in [-0.05, 0) is 37.0 Å². The van der Waals surface area contributed by atoms with Crippen LogP contribution < -0.4 is 0 Å². The first-order chi connectivity index (χ1) is 13.0. The van der Waals surface area contributed by atoms with E-state index in [2.05, 4.69) is 19.1 Å². The number of nitrogens with zero attached hydrogens (tertiary/aromatic N) is 2. The van der Waals surface area contributed by atoms with Gasteiger partial charge in [-0.2, -0.15) is 0 Å². The van der Waals surface area contributed by atoms with Gasteiger partial charge in [0.25, 0.3) is 5.91 Å². The summed E-state index contributed by atoms with van der Waals surface area (Å²) in [5, 5.41) is 8.99. The predicted molar refractivity (Wildman–Crippen MR) is 114 cm³/mol. The van der Waals surface area contributed by atoms with Crippen LogP contribution in [0.15, 0.2) is 29.2 Å². The summed E-state index contributed by atoms with van der Waals surface area (Å²) in [5.74, 6) is -0.108. The third kappa shape index (κ3) is 5.89. The lowest BCUT2D eigenvalue weighted by atomic mass is 10.1. The van der Waals surface area contributed by atoms with E-state index in [1.54, 1.807) is 9.80 Å². The molecule has 7 heteroatoms. The van der Waals surface area contributed by atoms with Crippen molar-refractivity contribution in [3.63, 3.8) is 0 Å². The molecular weight excluding hydrogens is 380 g/mol. The van der Waals surface area contributed by atoms with Crippen LogP contribution in [0.4, 0.5) is 0 Å². The van der Waals surface area contributed by atoms with Crippen LogP contribution in [0.1, 0.15) is 37.8 Å². The third-order valence-electron chi connectivity index (χ3n) is 4.44. The zero-order chi connectivity index (χ0) is 19.8. The molecule has 146 valence electrons. The van der Waals surface area contributed by atoms with Crippen molar-refractivity contribution < 1.29 is 14.7 Å². The van der Waals surface area contributed by atoms with Crippen LogP contribution in [0, 0.1) is 0 Å². The summed E-state index contributed by atoms with van der Waals surface area (Å²) in [5.41, 5.74) is 2.23. The molecule has 0 unspecified atom stereocenters. The molecule has 2 rings (SSSR count). The zero-order valence-electron chi connectivity index (χ0n) is 15.8. The van der Waals surface area contributed by atoms with E-state index in [0.717, 1.165) is 12.0 Å². The number of aliphatic hydroxyl groups excluding tert-OH is 1. The van der Waals surface area contributed by atoms with E-state index >= 15 is 0 Å². The number of aryl methyl sites for hydroxylation is 1. The first-order valence-electron chi connectivity index (χ1n) is 9.23. The lowest BCUT2D eigenvalue weighted by molar-refractivity contribution is -0.132. The number of amides is 2. The molecule has 0 atom stereocenters. The average molecular weight is 407 g/mol. The Balaban J connectivity index is 1.93. The standard InChI is InChI=1S/C20H26N2O3S2/c1-3-15-7-9-16(10-8-15)14-17-19(25)22(20(26)27-17)11-5-6-18(24)21(4-2)12-13-23/h7-10,14,23H,3-6,11-13H2,1-2H3. The van der Waals surface area contributed by atoms with Crippen molar-refractivity contribution in [2.75, 3.05) is 26.2 Å². The Morgan fingerprint density at radius 2 is 2.00 bits per heavy atom. The number of carbonyl (C=O) groups excluding carboxylic acids is 2. The number of thiocarbonyl (C=S) groups is 1. The van der Waals surface area contributed by atoms with Gasteiger partial charge in [-0.1, -0.05) is 55.2 Å². The lowest BCUT2D eigenvalue weighted by Crippen LogP contribution is -2.34. The molecule has 0 spiro atoms. The normalized spacial score (nSPS) is 15.7. The fraction of sp³-hybridized carbons (Fsp3) is 0.450. The van der Waals surface area contributed by atoms with Crippen molar-refractivity contribution in [3.05, 3.63) is 40.3 Å². The molecule has 27 heavy (non-hydrogen) atoms. The third-order valence-corrected chi connectivity index (χ3v) is 5.81. The van der Waals surface area contributed by atoms with Gasteiger partial charge in [0.2, 0.25) is 5.91 Å². The van der Waals surface area contributed by atoms with Crippen molar-refractivity contribution in [3.8, 4) is 0 Å². The molecule has 1 saturated heterocycles. The van der Waals surface area contributed by atoms with Crippen LogP contribution in [0.25, 0.3) is 6.08 Å². The molecule has 0 aliphatic carbocycles. The number of likely N-dealkylation sites (N-methyl/N-ethyl adjacent to an activating group) is 1. The number of rotatable bonds is 9. The van der Waals surface area contributed by atoms with E-state index < -0.39 is 0 Å². The monoisotopic (exact) mass is 406 g/mol. The fourth-order valence-electron chi connectivity index (χ4n) is 2.82. The SMILES string of the molecule is CCc1ccc(C=C2SC(=S)N(CCCC(=O)N(CC)CCO)C2=O)cc1. The molecule has 1 fully saturated rings. The number of benzene rings is 1. The molecule has 5 nitrogen and oxygen atoms in total. The van der Waals surface area contributed by atoms with Crippen LogP contribution in [0.2, 0.25) is 0 Å². The Morgan fingerprint density at radius 1 is 1.30 bits per heavy atom. The van der Waals surface area contributed by atoms with Gasteiger partial charge in [-0.15, -0.1) is 0 Å². The molecular formula is C20H26N2O3S2. The molecule has 2 amide bonds. The smallest absolute Gasteiger partial charge is 0.266 e. The largest absolute Gasteiger partial charge is 0.395 e. The Kier molecular flexibility index (Phi) is 8.47. The molecule has 1 aliphatic rings. The van der Waals surface area contributed by atoms with Gasteiger partial charge in [0.05, 0.1) is 11.5 Å². The highest BCUT2D eigenvalue weighted by Gasteiger charge is 2.31. The van der Waals surface area contributed by atoms with Crippen LogP contribution >= 0.6 is 24.0 Å². The van der Waals surface area contributed by atoms with Crippen LogP contribution in [0.3, 0.4) is 0 Å². The predicted octanol–water partition coefficient (Wildman–Crippen LogP) is 3.07. The van der Waals surface area contributed by atoms with Crippen molar-refractivity contribution in [1.29, 1.82) is 0 Å². The number of aliphatic hydroxyl groups is 1. The van der Waals surface area contributed by atoms with Crippen molar-refractivity contribution >= 4 is 46.2 Å². The minimum absolute atomic E-state index is 0.0106. The average Bonchev–Trinajstić information content (AvgIpc) is 2.93. The maximum atomic E-state index is 12.6. The molecule has 1 aromatic rings. The van der Waals surface area contributed by atoms with Crippen molar-refractivity contribution in [2.24, 2.45) is 0 Å². The second kappa shape index (κ2) is 10.6. The number of carbonyl (C=O) groups is 2. The molecule has 1 heterocycles. The highest BCUT2D eigenvalue weighted by molar-refractivity contribution is 8.26. The van der Waals surface area contributed by atoms with E-state index in [0.29, 0.717) is 41.7 Å². The highest BCUT2D eigenvalue weighted by atomic mass is 32.2.